The van der Waals surface area contributed by atoms with Crippen LogP contribution >= 0.6 is 0 Å². The second kappa shape index (κ2) is 12.7. The molecule has 2 aromatic carbocycles. The van der Waals surface area contributed by atoms with Crippen LogP contribution in [0.25, 0.3) is 22.1 Å². The fourth-order valence-corrected chi connectivity index (χ4v) is 3.41. The fraction of sp³-hybridized carbons (Fsp3) is 0.440. The third-order valence-corrected chi connectivity index (χ3v) is 5.52. The highest BCUT2D eigenvalue weighted by Gasteiger charge is 2.24. The second-order valence-corrected chi connectivity index (χ2v) is 9.85. The highest BCUT2D eigenvalue weighted by molar-refractivity contribution is 5.75. The van der Waals surface area contributed by atoms with Gasteiger partial charge in [0.05, 0.1) is 19.8 Å². The van der Waals surface area contributed by atoms with E-state index in [-0.39, 0.29) is 33.0 Å². The van der Waals surface area contributed by atoms with Crippen LogP contribution in [0.2, 0.25) is 0 Å². The molecule has 0 bridgehead atoms. The average molecular weight is 558 g/mol. The van der Waals surface area contributed by atoms with Crippen LogP contribution in [0.4, 0.5) is 9.59 Å². The molecule has 4 aromatic rings. The van der Waals surface area contributed by atoms with Crippen molar-refractivity contribution in [3.63, 3.8) is 0 Å². The lowest BCUT2D eigenvalue weighted by Crippen LogP contribution is -2.42. The SMILES string of the molecule is CC(C)(COCCC(C)(N)OCCOC(=O)On1nnc2ccccc21)COC(=O)On1nnc2ccccc21. The van der Waals surface area contributed by atoms with Crippen molar-refractivity contribution in [2.45, 2.75) is 32.9 Å². The van der Waals surface area contributed by atoms with Crippen molar-refractivity contribution in [1.82, 2.24) is 30.3 Å². The Morgan fingerprint density at radius 3 is 1.93 bits per heavy atom. The van der Waals surface area contributed by atoms with Gasteiger partial charge in [-0.25, -0.2) is 9.59 Å². The second-order valence-electron chi connectivity index (χ2n) is 9.85. The zero-order valence-corrected chi connectivity index (χ0v) is 22.4. The van der Waals surface area contributed by atoms with Crippen LogP contribution in [0.1, 0.15) is 27.2 Å². The molecule has 2 N–H and O–H groups in total. The van der Waals surface area contributed by atoms with Gasteiger partial charge in [-0.3, -0.25) is 9.68 Å². The summed E-state index contributed by atoms with van der Waals surface area (Å²) in [6.07, 6.45) is -1.50. The van der Waals surface area contributed by atoms with Gasteiger partial charge >= 0.3 is 12.3 Å². The van der Waals surface area contributed by atoms with Crippen molar-refractivity contribution in [3.8, 4) is 0 Å². The molecule has 214 valence electrons. The maximum Gasteiger partial charge on any atom is 0.535 e. The van der Waals surface area contributed by atoms with Crippen LogP contribution in [-0.4, -0.2) is 81.4 Å². The van der Waals surface area contributed by atoms with Crippen molar-refractivity contribution in [1.29, 1.82) is 0 Å². The highest BCUT2D eigenvalue weighted by atomic mass is 16.8. The Balaban J connectivity index is 1.08. The van der Waals surface area contributed by atoms with E-state index in [1.807, 2.05) is 13.8 Å². The third-order valence-electron chi connectivity index (χ3n) is 5.52. The number of carbonyl (C=O) groups excluding carboxylic acids is 2. The summed E-state index contributed by atoms with van der Waals surface area (Å²) >= 11 is 0. The number of benzene rings is 2. The summed E-state index contributed by atoms with van der Waals surface area (Å²) in [6.45, 7) is 6.03. The Morgan fingerprint density at radius 2 is 1.32 bits per heavy atom. The molecule has 15 heteroatoms. The first-order valence-electron chi connectivity index (χ1n) is 12.4. The van der Waals surface area contributed by atoms with Gasteiger partial charge in [-0.05, 0) is 41.6 Å². The van der Waals surface area contributed by atoms with E-state index in [0.717, 1.165) is 9.69 Å². The van der Waals surface area contributed by atoms with Crippen LogP contribution in [-0.2, 0) is 18.9 Å². The number of nitrogens with zero attached hydrogens (tertiary/aromatic N) is 6. The number of rotatable bonds is 13. The van der Waals surface area contributed by atoms with Crippen LogP contribution in [0.3, 0.4) is 0 Å². The highest BCUT2D eigenvalue weighted by Crippen LogP contribution is 2.18. The van der Waals surface area contributed by atoms with Crippen LogP contribution in [0, 0.1) is 5.41 Å². The molecule has 0 aliphatic heterocycles. The summed E-state index contributed by atoms with van der Waals surface area (Å²) in [5.74, 6) is 0. The zero-order valence-electron chi connectivity index (χ0n) is 22.4. The number of ether oxygens (including phenoxy) is 4. The van der Waals surface area contributed by atoms with E-state index in [9.17, 15) is 9.59 Å². The van der Waals surface area contributed by atoms with Crippen molar-refractivity contribution < 1.29 is 38.2 Å². The van der Waals surface area contributed by atoms with E-state index < -0.39 is 23.5 Å². The minimum Gasteiger partial charge on any atom is -0.432 e. The molecule has 0 radical (unpaired) electrons. The molecule has 0 saturated carbocycles. The first kappa shape index (κ1) is 28.7. The molecule has 0 spiro atoms. The molecule has 2 heterocycles. The maximum absolute atomic E-state index is 12.1. The van der Waals surface area contributed by atoms with Crippen LogP contribution < -0.4 is 15.4 Å². The molecule has 2 aromatic heterocycles. The standard InChI is InChI=1S/C25H31N7O8/c1-24(2,17-37-23(34)40-32-21-11-7-5-9-19(21)28-30-32)16-35-13-12-25(3,26)38-15-14-36-22(33)39-31-20-10-6-4-8-18(20)27-29-31/h4-11H,12-17,26H2,1-3H3. The van der Waals surface area contributed by atoms with Gasteiger partial charge < -0.3 is 24.7 Å². The minimum absolute atomic E-state index is 0.0444. The first-order chi connectivity index (χ1) is 19.1. The number of para-hydroxylation sites is 2. The van der Waals surface area contributed by atoms with Gasteiger partial charge in [-0.1, -0.05) is 47.8 Å². The molecule has 0 aliphatic rings. The van der Waals surface area contributed by atoms with Gasteiger partial charge in [0.2, 0.25) is 0 Å². The number of fused-ring (bicyclic) bond motifs is 2. The summed E-state index contributed by atoms with van der Waals surface area (Å²) in [5, 5.41) is 15.3. The number of carbonyl (C=O) groups is 2. The van der Waals surface area contributed by atoms with Gasteiger partial charge in [0.15, 0.2) is 0 Å². The molecule has 0 saturated heterocycles. The quantitative estimate of drug-likeness (QED) is 0.109. The molecule has 0 aliphatic carbocycles. The Kier molecular flexibility index (Phi) is 9.08. The summed E-state index contributed by atoms with van der Waals surface area (Å²) < 4.78 is 21.6. The third kappa shape index (κ3) is 8.08. The lowest BCUT2D eigenvalue weighted by atomic mass is 9.96. The molecular weight excluding hydrogens is 526 g/mol. The topological polar surface area (TPSA) is 177 Å². The van der Waals surface area contributed by atoms with E-state index in [1.165, 1.54) is 0 Å². The summed E-state index contributed by atoms with van der Waals surface area (Å²) in [7, 11) is 0. The minimum atomic E-state index is -1.03. The predicted octanol–water partition coefficient (Wildman–Crippen LogP) is 2.13. The van der Waals surface area contributed by atoms with E-state index in [4.69, 9.17) is 34.4 Å². The largest absolute Gasteiger partial charge is 0.535 e. The van der Waals surface area contributed by atoms with Crippen molar-refractivity contribution in [3.05, 3.63) is 48.5 Å². The zero-order chi connectivity index (χ0) is 28.6. The van der Waals surface area contributed by atoms with Gasteiger partial charge in [0.25, 0.3) is 0 Å². The lowest BCUT2D eigenvalue weighted by Gasteiger charge is -2.27. The van der Waals surface area contributed by atoms with Gasteiger partial charge in [0.1, 0.15) is 41.0 Å². The Morgan fingerprint density at radius 1 is 0.775 bits per heavy atom. The van der Waals surface area contributed by atoms with Gasteiger partial charge in [-0.2, -0.15) is 0 Å². The molecule has 0 amide bonds. The fourth-order valence-electron chi connectivity index (χ4n) is 3.41. The lowest BCUT2D eigenvalue weighted by molar-refractivity contribution is -0.0740. The number of aromatic nitrogens is 6. The van der Waals surface area contributed by atoms with Crippen molar-refractivity contribution >= 4 is 34.4 Å². The number of hydrogen-bond donors (Lipinski definition) is 1. The van der Waals surface area contributed by atoms with E-state index >= 15 is 0 Å². The average Bonchev–Trinajstić information content (AvgIpc) is 3.52. The number of hydrogen-bond acceptors (Lipinski definition) is 13. The molecule has 15 nitrogen and oxygen atoms in total. The van der Waals surface area contributed by atoms with Gasteiger partial charge in [-0.15, -0.1) is 10.2 Å². The summed E-state index contributed by atoms with van der Waals surface area (Å²) in [6, 6.07) is 14.1. The molecule has 1 atom stereocenters. The number of nitrogens with two attached hydrogens (primary N) is 1. The maximum atomic E-state index is 12.1. The van der Waals surface area contributed by atoms with Crippen molar-refractivity contribution in [2.75, 3.05) is 33.0 Å². The normalized spacial score (nSPS) is 13.2. The van der Waals surface area contributed by atoms with Crippen molar-refractivity contribution in [2.24, 2.45) is 11.1 Å². The van der Waals surface area contributed by atoms with Crippen LogP contribution in [0.5, 0.6) is 0 Å². The summed E-state index contributed by atoms with van der Waals surface area (Å²) in [4.78, 5) is 36.1. The molecule has 40 heavy (non-hydrogen) atoms. The van der Waals surface area contributed by atoms with Crippen LogP contribution in [0.15, 0.2) is 48.5 Å². The van der Waals surface area contributed by atoms with Gasteiger partial charge in [0, 0.05) is 11.8 Å². The smallest absolute Gasteiger partial charge is 0.432 e. The Bertz CT molecular complexity index is 1430. The Labute approximate surface area is 228 Å². The predicted molar refractivity (Wildman–Crippen MR) is 139 cm³/mol. The molecule has 1 unspecified atom stereocenters. The van der Waals surface area contributed by atoms with E-state index in [2.05, 4.69) is 20.6 Å². The first-order valence-corrected chi connectivity index (χ1v) is 12.4. The summed E-state index contributed by atoms with van der Waals surface area (Å²) in [5.41, 5.74) is 6.87. The molecular formula is C25H31N7O8. The monoisotopic (exact) mass is 557 g/mol. The molecule has 0 fully saturated rings. The van der Waals surface area contributed by atoms with E-state index in [0.29, 0.717) is 28.5 Å². The Hall–Kier alpha value is -4.34. The van der Waals surface area contributed by atoms with E-state index in [1.54, 1.807) is 55.5 Å². The molecule has 4 rings (SSSR count).